The quantitative estimate of drug-likeness (QED) is 0.138. The van der Waals surface area contributed by atoms with Gasteiger partial charge in [0.25, 0.3) is 0 Å². The van der Waals surface area contributed by atoms with Crippen LogP contribution in [-0.2, 0) is 26.1 Å². The number of halogens is 2. The summed E-state index contributed by atoms with van der Waals surface area (Å²) in [5.41, 5.74) is 11.0. The van der Waals surface area contributed by atoms with E-state index in [0.717, 1.165) is 64.2 Å². The van der Waals surface area contributed by atoms with Gasteiger partial charge in [0.1, 0.15) is 11.5 Å². The molecule has 0 radical (unpaired) electrons. The second-order valence-corrected chi connectivity index (χ2v) is 22.3. The fraction of sp³-hybridized carbons (Fsp3) is 0.0566. The number of phenolic OH excluding ortho intramolecular Hbond substituents is 2. The van der Waals surface area contributed by atoms with Crippen LogP contribution in [-0.4, -0.2) is 59.1 Å². The summed E-state index contributed by atoms with van der Waals surface area (Å²) in [5, 5.41) is 34.6. The fourth-order valence-electron chi connectivity index (χ4n) is 8.32. The largest absolute Gasteiger partial charge is 0.507 e. The van der Waals surface area contributed by atoms with Crippen LogP contribution in [0, 0.1) is 0 Å². The zero-order valence-corrected chi connectivity index (χ0v) is 40.6. The first-order chi connectivity index (χ1) is 32.0. The van der Waals surface area contributed by atoms with Crippen molar-refractivity contribution in [1.29, 1.82) is 0 Å². The van der Waals surface area contributed by atoms with E-state index in [2.05, 4.69) is 31.9 Å². The van der Waals surface area contributed by atoms with Crippen LogP contribution in [0.5, 0.6) is 11.5 Å². The predicted octanol–water partition coefficient (Wildman–Crippen LogP) is 12.4. The average Bonchev–Trinajstić information content (AvgIpc) is 3.95. The van der Waals surface area contributed by atoms with Gasteiger partial charge in [0.2, 0.25) is 0 Å². The molecule has 2 heterocycles. The maximum atomic E-state index is 12.2. The summed E-state index contributed by atoms with van der Waals surface area (Å²) >= 11 is 7.09. The standard InChI is InChI=1S/C53H38Br2N4O6S2/c1-66(62,63)42-17-13-40(14-18-42)58-30-48-44(26-36(28-50(48)56-58)34-5-9-38(54)10-6-34)46-24-32(3-21-52(46)60)23-33-4-22-53(61)47(25-33)45-27-37(35-7-11-39(55)12-8-35)29-51-49(45)31-59(57-51)41-15-19-43(20-16-41)67(2,64)65/h3-22,24-31,60-61H,23H2,1-2H3. The SMILES string of the molecule is CS(=O)(=O)c1ccc(-n2cc3c(-c4cc(Cc5ccc(O)c(-c6cc(-c7ccc(Br)cc7)cc7nn(-c8ccc(S(C)(=O)=O)cc8)cc67)c5)ccc4O)cc(-c4ccc(Br)cc4)cc3n2)cc1. The highest BCUT2D eigenvalue weighted by Gasteiger charge is 2.19. The molecule has 0 atom stereocenters. The molecule has 10 nitrogen and oxygen atoms in total. The summed E-state index contributed by atoms with van der Waals surface area (Å²) in [6.45, 7) is 0. The molecule has 0 saturated heterocycles. The average molecular weight is 1050 g/mol. The lowest BCUT2D eigenvalue weighted by Gasteiger charge is -2.13. The summed E-state index contributed by atoms with van der Waals surface area (Å²) in [6, 6.07) is 48.3. The molecular formula is C53H38Br2N4O6S2. The number of sulfone groups is 2. The first kappa shape index (κ1) is 44.0. The highest BCUT2D eigenvalue weighted by atomic mass is 79.9. The Labute approximate surface area is 403 Å². The van der Waals surface area contributed by atoms with Crippen LogP contribution >= 0.6 is 31.9 Å². The molecule has 0 bridgehead atoms. The maximum Gasteiger partial charge on any atom is 0.175 e. The van der Waals surface area contributed by atoms with Gasteiger partial charge in [-0.2, -0.15) is 10.2 Å². The minimum Gasteiger partial charge on any atom is -0.507 e. The minimum atomic E-state index is -3.39. The van der Waals surface area contributed by atoms with Gasteiger partial charge in [0.05, 0.1) is 32.2 Å². The highest BCUT2D eigenvalue weighted by Crippen LogP contribution is 2.42. The number of fused-ring (bicyclic) bond motifs is 2. The molecule has 0 amide bonds. The summed E-state index contributed by atoms with van der Waals surface area (Å²) in [5.74, 6) is 0.176. The lowest BCUT2D eigenvalue weighted by molar-refractivity contribution is 0.477. The van der Waals surface area contributed by atoms with Crippen LogP contribution in [0.1, 0.15) is 11.1 Å². The van der Waals surface area contributed by atoms with Gasteiger partial charge in [-0.05, 0) is 172 Å². The van der Waals surface area contributed by atoms with Crippen molar-refractivity contribution in [1.82, 2.24) is 19.6 Å². The Kier molecular flexibility index (Phi) is 11.2. The summed E-state index contributed by atoms with van der Waals surface area (Å²) in [7, 11) is -6.77. The van der Waals surface area contributed by atoms with E-state index in [1.165, 1.54) is 12.5 Å². The van der Waals surface area contributed by atoms with E-state index >= 15 is 0 Å². The van der Waals surface area contributed by atoms with Gasteiger partial charge in [0.15, 0.2) is 19.7 Å². The predicted molar refractivity (Wildman–Crippen MR) is 272 cm³/mol. The molecular weight excluding hydrogens is 1010 g/mol. The molecule has 0 saturated carbocycles. The molecule has 14 heteroatoms. The molecule has 67 heavy (non-hydrogen) atoms. The van der Waals surface area contributed by atoms with Crippen LogP contribution < -0.4 is 0 Å². The van der Waals surface area contributed by atoms with Crippen LogP contribution in [0.2, 0.25) is 0 Å². The number of phenols is 2. The number of aromatic nitrogens is 4. The van der Waals surface area contributed by atoms with Gasteiger partial charge in [-0.3, -0.25) is 0 Å². The molecule has 2 aromatic heterocycles. The van der Waals surface area contributed by atoms with Crippen molar-refractivity contribution >= 4 is 73.3 Å². The van der Waals surface area contributed by atoms with Crippen LogP contribution in [0.15, 0.2) is 189 Å². The Morgan fingerprint density at radius 2 is 0.821 bits per heavy atom. The molecule has 332 valence electrons. The van der Waals surface area contributed by atoms with E-state index in [4.69, 9.17) is 10.2 Å². The Morgan fingerprint density at radius 1 is 0.448 bits per heavy atom. The zero-order valence-electron chi connectivity index (χ0n) is 35.8. The third-order valence-corrected chi connectivity index (χ3v) is 15.1. The number of hydrogen-bond donors (Lipinski definition) is 2. The second-order valence-electron chi connectivity index (χ2n) is 16.5. The molecule has 2 N–H and O–H groups in total. The summed E-state index contributed by atoms with van der Waals surface area (Å²) in [4.78, 5) is 0.423. The Balaban J connectivity index is 1.06. The fourth-order valence-corrected chi connectivity index (χ4v) is 10.1. The highest BCUT2D eigenvalue weighted by molar-refractivity contribution is 9.10. The van der Waals surface area contributed by atoms with Crippen LogP contribution in [0.3, 0.4) is 0 Å². The summed E-state index contributed by atoms with van der Waals surface area (Å²) in [6.07, 6.45) is 6.59. The molecule has 8 aromatic carbocycles. The van der Waals surface area contributed by atoms with Crippen LogP contribution in [0.4, 0.5) is 0 Å². The Bertz CT molecular complexity index is 3550. The number of hydrogen-bond acceptors (Lipinski definition) is 8. The molecule has 0 aliphatic rings. The van der Waals surface area contributed by atoms with Gasteiger partial charge < -0.3 is 10.2 Å². The maximum absolute atomic E-state index is 12.2. The van der Waals surface area contributed by atoms with E-state index in [9.17, 15) is 27.0 Å². The number of rotatable bonds is 10. The van der Waals surface area contributed by atoms with Crippen molar-refractivity contribution < 1.29 is 27.0 Å². The van der Waals surface area contributed by atoms with Gasteiger partial charge in [-0.25, -0.2) is 26.2 Å². The third-order valence-electron chi connectivity index (χ3n) is 11.8. The van der Waals surface area contributed by atoms with Crippen molar-refractivity contribution in [3.63, 3.8) is 0 Å². The normalized spacial score (nSPS) is 12.0. The van der Waals surface area contributed by atoms with Crippen LogP contribution in [0.25, 0.3) is 77.7 Å². The van der Waals surface area contributed by atoms with Crippen molar-refractivity contribution in [3.8, 4) is 67.4 Å². The molecule has 10 aromatic rings. The number of benzene rings is 8. The molecule has 0 fully saturated rings. The third kappa shape index (κ3) is 8.93. The minimum absolute atomic E-state index is 0.0878. The number of nitrogens with zero attached hydrogens (tertiary/aromatic N) is 4. The van der Waals surface area contributed by atoms with Crippen molar-refractivity contribution in [2.75, 3.05) is 12.5 Å². The van der Waals surface area contributed by atoms with Crippen molar-refractivity contribution in [3.05, 3.63) is 190 Å². The first-order valence-corrected chi connectivity index (χ1v) is 26.3. The van der Waals surface area contributed by atoms with E-state index in [1.807, 2.05) is 109 Å². The van der Waals surface area contributed by atoms with Gasteiger partial charge in [-0.15, -0.1) is 0 Å². The zero-order chi connectivity index (χ0) is 46.8. The Hall–Kier alpha value is -6.84. The van der Waals surface area contributed by atoms with Gasteiger partial charge in [-0.1, -0.05) is 68.3 Å². The smallest absolute Gasteiger partial charge is 0.175 e. The molecule has 10 rings (SSSR count). The molecule has 0 aliphatic carbocycles. The van der Waals surface area contributed by atoms with E-state index in [1.54, 1.807) is 70.0 Å². The van der Waals surface area contributed by atoms with E-state index in [0.29, 0.717) is 40.0 Å². The van der Waals surface area contributed by atoms with Crippen molar-refractivity contribution in [2.24, 2.45) is 0 Å². The monoisotopic (exact) mass is 1050 g/mol. The van der Waals surface area contributed by atoms with Gasteiger partial charge >= 0.3 is 0 Å². The summed E-state index contributed by atoms with van der Waals surface area (Å²) < 4.78 is 54.1. The van der Waals surface area contributed by atoms with E-state index in [-0.39, 0.29) is 21.3 Å². The number of aromatic hydroxyl groups is 2. The lowest BCUT2D eigenvalue weighted by Crippen LogP contribution is -1.99. The molecule has 0 spiro atoms. The van der Waals surface area contributed by atoms with Crippen molar-refractivity contribution in [2.45, 2.75) is 16.2 Å². The topological polar surface area (TPSA) is 144 Å². The first-order valence-electron chi connectivity index (χ1n) is 20.9. The lowest BCUT2D eigenvalue weighted by atomic mass is 9.91. The second kappa shape index (κ2) is 17.1. The van der Waals surface area contributed by atoms with E-state index < -0.39 is 19.7 Å². The Morgan fingerprint density at radius 3 is 1.18 bits per heavy atom. The van der Waals surface area contributed by atoms with Gasteiger partial charge in [0, 0.05) is 55.8 Å². The molecule has 0 aliphatic heterocycles. The molecule has 0 unspecified atom stereocenters.